The number of sulfonamides is 1. The van der Waals surface area contributed by atoms with E-state index in [2.05, 4.69) is 0 Å². The predicted octanol–water partition coefficient (Wildman–Crippen LogP) is 0.725. The number of rotatable bonds is 7. The van der Waals surface area contributed by atoms with E-state index in [4.69, 9.17) is 0 Å². The topological polar surface area (TPSA) is 109 Å². The summed E-state index contributed by atoms with van der Waals surface area (Å²) in [6.07, 6.45) is 0. The van der Waals surface area contributed by atoms with Gasteiger partial charge in [0.05, 0.1) is 16.4 Å². The monoisotopic (exact) mass is 368 g/mol. The van der Waals surface area contributed by atoms with E-state index in [-0.39, 0.29) is 10.5 Å². The lowest BCUT2D eigenvalue weighted by atomic mass is 10.2. The fourth-order valence-electron chi connectivity index (χ4n) is 1.80. The number of hydrazine groups is 1. The fourth-order valence-corrected chi connectivity index (χ4v) is 4.72. The number of hydrogen-bond acceptors (Lipinski definition) is 5. The third-order valence-electron chi connectivity index (χ3n) is 3.08. The van der Waals surface area contributed by atoms with Gasteiger partial charge in [-0.25, -0.2) is 16.8 Å². The summed E-state index contributed by atoms with van der Waals surface area (Å²) in [7, 11) is -7.70. The van der Waals surface area contributed by atoms with E-state index in [1.807, 2.05) is 10.3 Å². The maximum absolute atomic E-state index is 12.1. The molecule has 0 atom stereocenters. The molecule has 7 nitrogen and oxygen atoms in total. The van der Waals surface area contributed by atoms with Crippen molar-refractivity contribution < 1.29 is 21.6 Å². The van der Waals surface area contributed by atoms with Crippen molar-refractivity contribution in [2.45, 2.75) is 4.90 Å². The molecule has 0 bridgehead atoms. The quantitative estimate of drug-likeness (QED) is 0.700. The molecule has 2 aromatic rings. The summed E-state index contributed by atoms with van der Waals surface area (Å²) >= 11 is 0. The molecule has 0 saturated heterocycles. The van der Waals surface area contributed by atoms with E-state index < -0.39 is 37.3 Å². The highest BCUT2D eigenvalue weighted by Gasteiger charge is 2.20. The van der Waals surface area contributed by atoms with Crippen molar-refractivity contribution in [2.75, 3.05) is 11.5 Å². The van der Waals surface area contributed by atoms with Gasteiger partial charge < -0.3 is 0 Å². The number of sulfone groups is 1. The minimum absolute atomic E-state index is 0.0496. The van der Waals surface area contributed by atoms with Crippen LogP contribution in [0.25, 0.3) is 0 Å². The first-order chi connectivity index (χ1) is 11.3. The van der Waals surface area contributed by atoms with E-state index >= 15 is 0 Å². The zero-order chi connectivity index (χ0) is 17.6. The molecule has 24 heavy (non-hydrogen) atoms. The Morgan fingerprint density at radius 1 is 0.792 bits per heavy atom. The van der Waals surface area contributed by atoms with Crippen LogP contribution in [0.1, 0.15) is 10.4 Å². The van der Waals surface area contributed by atoms with E-state index in [0.29, 0.717) is 0 Å². The maximum atomic E-state index is 12.1. The Hall–Kier alpha value is -2.23. The highest BCUT2D eigenvalue weighted by Crippen LogP contribution is 2.10. The van der Waals surface area contributed by atoms with Gasteiger partial charge in [-0.05, 0) is 24.3 Å². The summed E-state index contributed by atoms with van der Waals surface area (Å²) < 4.78 is 47.8. The maximum Gasteiger partial charge on any atom is 0.266 e. The van der Waals surface area contributed by atoms with E-state index in [1.54, 1.807) is 36.4 Å². The third kappa shape index (κ3) is 5.15. The summed E-state index contributed by atoms with van der Waals surface area (Å²) in [4.78, 5) is 13.7. The Bertz CT molecular complexity index is 895. The molecule has 0 aromatic heterocycles. The number of carbonyl (C=O) groups is 1. The van der Waals surface area contributed by atoms with Crippen molar-refractivity contribution >= 4 is 25.8 Å². The van der Waals surface area contributed by atoms with Gasteiger partial charge >= 0.3 is 0 Å². The van der Waals surface area contributed by atoms with Crippen LogP contribution >= 0.6 is 0 Å². The average Bonchev–Trinajstić information content (AvgIpc) is 2.60. The molecular weight excluding hydrogens is 352 g/mol. The number of benzene rings is 2. The largest absolute Gasteiger partial charge is 0.274 e. The van der Waals surface area contributed by atoms with Crippen LogP contribution in [0.15, 0.2) is 65.6 Å². The third-order valence-corrected chi connectivity index (χ3v) is 6.22. The Kier molecular flexibility index (Phi) is 5.71. The summed E-state index contributed by atoms with van der Waals surface area (Å²) in [6, 6.07) is 15.6. The van der Waals surface area contributed by atoms with E-state index in [1.165, 1.54) is 24.3 Å². The molecule has 0 aliphatic rings. The van der Waals surface area contributed by atoms with Gasteiger partial charge in [-0.15, -0.1) is 4.83 Å². The molecule has 2 rings (SSSR count). The van der Waals surface area contributed by atoms with Crippen LogP contribution < -0.4 is 10.3 Å². The van der Waals surface area contributed by atoms with Crippen molar-refractivity contribution in [3.8, 4) is 0 Å². The zero-order valence-corrected chi connectivity index (χ0v) is 14.2. The molecule has 0 unspecified atom stereocenters. The normalized spacial score (nSPS) is 11.8. The SMILES string of the molecule is O=C(NNS(=O)(=O)CCS(=O)(=O)c1ccccc1)c1ccccc1. The van der Waals surface area contributed by atoms with Gasteiger partial charge in [0.2, 0.25) is 10.0 Å². The lowest BCUT2D eigenvalue weighted by molar-refractivity contribution is 0.0945. The number of amides is 1. The molecule has 0 aliphatic heterocycles. The van der Waals surface area contributed by atoms with Crippen molar-refractivity contribution in [2.24, 2.45) is 0 Å². The molecule has 0 heterocycles. The standard InChI is InChI=1S/C15H16N2O5S2/c18-15(13-7-3-1-4-8-13)16-17-24(21,22)12-11-23(19,20)14-9-5-2-6-10-14/h1-10,17H,11-12H2,(H,16,18). The predicted molar refractivity (Wildman–Crippen MR) is 89.3 cm³/mol. The molecule has 0 radical (unpaired) electrons. The smallest absolute Gasteiger partial charge is 0.266 e. The second kappa shape index (κ2) is 7.56. The van der Waals surface area contributed by atoms with Gasteiger partial charge in [0, 0.05) is 5.56 Å². The van der Waals surface area contributed by atoms with E-state index in [0.717, 1.165) is 0 Å². The van der Waals surface area contributed by atoms with Gasteiger partial charge in [-0.3, -0.25) is 10.2 Å². The summed E-state index contributed by atoms with van der Waals surface area (Å²) in [5, 5.41) is 0. The summed E-state index contributed by atoms with van der Waals surface area (Å²) in [6.45, 7) is 0. The zero-order valence-electron chi connectivity index (χ0n) is 12.5. The molecule has 9 heteroatoms. The van der Waals surface area contributed by atoms with Gasteiger partial charge in [-0.2, -0.15) is 0 Å². The number of hydrogen-bond donors (Lipinski definition) is 2. The second-order valence-corrected chi connectivity index (χ2v) is 8.82. The van der Waals surface area contributed by atoms with Crippen molar-refractivity contribution in [1.82, 2.24) is 10.3 Å². The molecule has 0 saturated carbocycles. The fraction of sp³-hybridized carbons (Fsp3) is 0.133. The van der Waals surface area contributed by atoms with Crippen LogP contribution in [0.2, 0.25) is 0 Å². The van der Waals surface area contributed by atoms with Crippen molar-refractivity contribution in [3.63, 3.8) is 0 Å². The first-order valence-corrected chi connectivity index (χ1v) is 10.2. The van der Waals surface area contributed by atoms with Crippen LogP contribution in [0.3, 0.4) is 0 Å². The second-order valence-electron chi connectivity index (χ2n) is 4.87. The number of nitrogens with one attached hydrogen (secondary N) is 2. The molecule has 2 aromatic carbocycles. The van der Waals surface area contributed by atoms with Gasteiger partial charge in [0.1, 0.15) is 0 Å². The van der Waals surface area contributed by atoms with Crippen LogP contribution in [0.4, 0.5) is 0 Å². The minimum atomic E-state index is -3.99. The van der Waals surface area contributed by atoms with Crippen LogP contribution in [-0.2, 0) is 19.9 Å². The van der Waals surface area contributed by atoms with Crippen molar-refractivity contribution in [3.05, 3.63) is 66.2 Å². The highest BCUT2D eigenvalue weighted by atomic mass is 32.2. The molecule has 0 aliphatic carbocycles. The number of carbonyl (C=O) groups excluding carboxylic acids is 1. The average molecular weight is 368 g/mol. The van der Waals surface area contributed by atoms with Crippen molar-refractivity contribution in [1.29, 1.82) is 0 Å². The Balaban J connectivity index is 1.93. The van der Waals surface area contributed by atoms with Gasteiger partial charge in [0.25, 0.3) is 5.91 Å². The summed E-state index contributed by atoms with van der Waals surface area (Å²) in [5.41, 5.74) is 2.32. The molecule has 0 spiro atoms. The van der Waals surface area contributed by atoms with Crippen LogP contribution in [0, 0.1) is 0 Å². The first-order valence-electron chi connectivity index (χ1n) is 6.93. The van der Waals surface area contributed by atoms with E-state index in [9.17, 15) is 21.6 Å². The first kappa shape index (κ1) is 18.1. The van der Waals surface area contributed by atoms with Crippen LogP contribution in [-0.4, -0.2) is 34.2 Å². The molecule has 1 amide bonds. The Labute approximate surface area is 140 Å². The van der Waals surface area contributed by atoms with Gasteiger partial charge in [0.15, 0.2) is 9.84 Å². The molecular formula is C15H16N2O5S2. The molecule has 2 N–H and O–H groups in total. The Morgan fingerprint density at radius 2 is 1.33 bits per heavy atom. The highest BCUT2D eigenvalue weighted by molar-refractivity contribution is 7.94. The lowest BCUT2D eigenvalue weighted by Gasteiger charge is -2.09. The van der Waals surface area contributed by atoms with Gasteiger partial charge in [-0.1, -0.05) is 36.4 Å². The minimum Gasteiger partial charge on any atom is -0.274 e. The summed E-state index contributed by atoms with van der Waals surface area (Å²) in [5.74, 6) is -1.89. The van der Waals surface area contributed by atoms with Crippen LogP contribution in [0.5, 0.6) is 0 Å². The lowest BCUT2D eigenvalue weighted by Crippen LogP contribution is -2.43. The Morgan fingerprint density at radius 3 is 1.92 bits per heavy atom. The molecule has 0 fully saturated rings. The molecule has 128 valence electrons.